The number of likely N-dealkylation sites (N-methyl/N-ethyl adjacent to an activating group) is 1. The Morgan fingerprint density at radius 1 is 1.27 bits per heavy atom. The van der Waals surface area contributed by atoms with Gasteiger partial charge in [-0.3, -0.25) is 0 Å². The molecule has 0 amide bonds. The minimum absolute atomic E-state index is 0. The van der Waals surface area contributed by atoms with Crippen LogP contribution in [0.4, 0.5) is 8.78 Å². The van der Waals surface area contributed by atoms with Crippen LogP contribution in [0.3, 0.4) is 0 Å². The van der Waals surface area contributed by atoms with Gasteiger partial charge in [0.15, 0.2) is 0 Å². The van der Waals surface area contributed by atoms with E-state index in [-0.39, 0.29) is 24.0 Å². The largest absolute Gasteiger partial charge is 0.379 e. The first kappa shape index (κ1) is 21.5. The Bertz CT molecular complexity index is 549. The molecule has 1 aliphatic carbocycles. The van der Waals surface area contributed by atoms with Gasteiger partial charge in [-0.25, -0.2) is 8.78 Å². The molecule has 2 aliphatic rings. The maximum Gasteiger partial charge on any atom is 0.130 e. The summed E-state index contributed by atoms with van der Waals surface area (Å²) in [5, 5.41) is 7.15. The summed E-state index contributed by atoms with van der Waals surface area (Å²) in [5.74, 6) is -0.454. The molecule has 0 radical (unpaired) electrons. The molecular weight excluding hydrogens is 360 g/mol. The highest BCUT2D eigenvalue weighted by atomic mass is 35.5. The summed E-state index contributed by atoms with van der Waals surface area (Å²) < 4.78 is 34.0. The van der Waals surface area contributed by atoms with Crippen LogP contribution in [-0.4, -0.2) is 57.4 Å². The predicted octanol–water partition coefficient (Wildman–Crippen LogP) is 2.74. The highest BCUT2D eigenvalue weighted by Crippen LogP contribution is 2.31. The van der Waals surface area contributed by atoms with Crippen LogP contribution >= 0.6 is 12.4 Å². The maximum absolute atomic E-state index is 14.2. The van der Waals surface area contributed by atoms with Crippen molar-refractivity contribution in [3.05, 3.63) is 35.4 Å². The predicted molar refractivity (Wildman–Crippen MR) is 102 cm³/mol. The van der Waals surface area contributed by atoms with Crippen molar-refractivity contribution >= 4 is 12.4 Å². The van der Waals surface area contributed by atoms with E-state index in [2.05, 4.69) is 10.6 Å². The number of nitrogens with one attached hydrogen (secondary N) is 2. The van der Waals surface area contributed by atoms with Gasteiger partial charge in [0.05, 0.1) is 19.3 Å². The van der Waals surface area contributed by atoms with Crippen molar-refractivity contribution in [2.75, 3.05) is 40.4 Å². The average Bonchev–Trinajstić information content (AvgIpc) is 3.06. The van der Waals surface area contributed by atoms with Gasteiger partial charge in [-0.2, -0.15) is 0 Å². The monoisotopic (exact) mass is 389 g/mol. The first-order valence-electron chi connectivity index (χ1n) is 9.22. The number of hydrogen-bond acceptors (Lipinski definition) is 4. The number of halogens is 3. The van der Waals surface area contributed by atoms with Crippen LogP contribution in [0.1, 0.15) is 30.9 Å². The summed E-state index contributed by atoms with van der Waals surface area (Å²) in [5.41, 5.74) is 0.147. The van der Waals surface area contributed by atoms with Crippen molar-refractivity contribution in [1.82, 2.24) is 15.5 Å². The smallest absolute Gasteiger partial charge is 0.130 e. The molecule has 3 rings (SSSR count). The fraction of sp³-hybridized carbons (Fsp3) is 0.684. The van der Waals surface area contributed by atoms with Crippen molar-refractivity contribution < 1.29 is 13.5 Å². The zero-order chi connectivity index (χ0) is 17.8. The molecule has 7 heteroatoms. The number of benzene rings is 1. The van der Waals surface area contributed by atoms with E-state index >= 15 is 0 Å². The summed E-state index contributed by atoms with van der Waals surface area (Å²) in [4.78, 5) is 1.88. The van der Waals surface area contributed by atoms with Crippen molar-refractivity contribution in [3.63, 3.8) is 0 Å². The summed E-state index contributed by atoms with van der Waals surface area (Å²) >= 11 is 0. The van der Waals surface area contributed by atoms with Gasteiger partial charge >= 0.3 is 0 Å². The molecular formula is C19H30ClF2N3O. The van der Waals surface area contributed by atoms with Gasteiger partial charge in [0.25, 0.3) is 0 Å². The van der Waals surface area contributed by atoms with Crippen LogP contribution < -0.4 is 10.6 Å². The minimum atomic E-state index is -0.481. The molecule has 1 aliphatic heterocycles. The van der Waals surface area contributed by atoms with E-state index in [0.29, 0.717) is 24.5 Å². The molecule has 1 heterocycles. The molecule has 1 aromatic carbocycles. The Kier molecular flexibility index (Phi) is 8.23. The minimum Gasteiger partial charge on any atom is -0.379 e. The summed E-state index contributed by atoms with van der Waals surface area (Å²) in [6.45, 7) is 2.95. The molecule has 4 nitrogen and oxygen atoms in total. The van der Waals surface area contributed by atoms with Gasteiger partial charge in [0.1, 0.15) is 11.6 Å². The van der Waals surface area contributed by atoms with Gasteiger partial charge in [-0.15, -0.1) is 12.4 Å². The van der Waals surface area contributed by atoms with Crippen LogP contribution in [0.15, 0.2) is 18.2 Å². The molecule has 4 atom stereocenters. The summed E-state index contributed by atoms with van der Waals surface area (Å²) in [6.07, 6.45) is 3.45. The number of ether oxygens (including phenoxy) is 1. The van der Waals surface area contributed by atoms with Gasteiger partial charge in [0.2, 0.25) is 0 Å². The second kappa shape index (κ2) is 9.95. The Morgan fingerprint density at radius 3 is 2.62 bits per heavy atom. The molecule has 1 saturated heterocycles. The fourth-order valence-corrected chi connectivity index (χ4v) is 4.22. The highest BCUT2D eigenvalue weighted by molar-refractivity contribution is 5.85. The number of nitrogens with zero attached hydrogens (tertiary/aromatic N) is 1. The fourth-order valence-electron chi connectivity index (χ4n) is 4.22. The van der Waals surface area contributed by atoms with E-state index in [4.69, 9.17) is 4.74 Å². The molecule has 26 heavy (non-hydrogen) atoms. The van der Waals surface area contributed by atoms with Gasteiger partial charge in [0, 0.05) is 30.7 Å². The molecule has 1 aromatic rings. The lowest BCUT2D eigenvalue weighted by Gasteiger charge is -2.34. The van der Waals surface area contributed by atoms with Crippen LogP contribution in [-0.2, 0) is 4.74 Å². The van der Waals surface area contributed by atoms with E-state index in [1.807, 2.05) is 19.0 Å². The second-order valence-electron chi connectivity index (χ2n) is 7.36. The van der Waals surface area contributed by atoms with Crippen LogP contribution in [0.25, 0.3) is 0 Å². The Balaban J connectivity index is 0.00000243. The summed E-state index contributed by atoms with van der Waals surface area (Å²) in [6, 6.07) is 4.47. The van der Waals surface area contributed by atoms with Gasteiger partial charge < -0.3 is 20.3 Å². The first-order chi connectivity index (χ1) is 12.1. The lowest BCUT2D eigenvalue weighted by molar-refractivity contribution is 0.0520. The topological polar surface area (TPSA) is 36.5 Å². The Labute approximate surface area is 161 Å². The van der Waals surface area contributed by atoms with Crippen molar-refractivity contribution in [2.24, 2.45) is 5.92 Å². The number of hydrogen-bond donors (Lipinski definition) is 2. The Morgan fingerprint density at radius 2 is 2.00 bits per heavy atom. The zero-order valence-corrected chi connectivity index (χ0v) is 16.3. The zero-order valence-electron chi connectivity index (χ0n) is 15.5. The second-order valence-corrected chi connectivity index (χ2v) is 7.36. The summed E-state index contributed by atoms with van der Waals surface area (Å²) in [7, 11) is 3.72. The van der Waals surface area contributed by atoms with Crippen molar-refractivity contribution in [1.29, 1.82) is 0 Å². The quantitative estimate of drug-likeness (QED) is 0.784. The SMILES string of the molecule is CN(C)C(CNC1CCCC1C1COCCN1)c1c(F)cccc1F.Cl. The van der Waals surface area contributed by atoms with Crippen molar-refractivity contribution in [3.8, 4) is 0 Å². The number of morpholine rings is 1. The molecule has 1 saturated carbocycles. The molecule has 4 unspecified atom stereocenters. The maximum atomic E-state index is 14.2. The van der Waals surface area contributed by atoms with E-state index in [1.165, 1.54) is 31.0 Å². The average molecular weight is 390 g/mol. The molecule has 148 valence electrons. The van der Waals surface area contributed by atoms with E-state index < -0.39 is 11.6 Å². The number of rotatable bonds is 6. The normalized spacial score (nSPS) is 27.3. The molecule has 0 bridgehead atoms. The molecule has 2 N–H and O–H groups in total. The standard InChI is InChI=1S/C19H29F2N3O.ClH/c1-24(2)18(19-14(20)6-4-7-15(19)21)11-23-16-8-3-5-13(16)17-12-25-10-9-22-17;/h4,6-7,13,16-18,22-23H,3,5,8-12H2,1-2H3;1H. The van der Waals surface area contributed by atoms with E-state index in [0.717, 1.165) is 26.2 Å². The highest BCUT2D eigenvalue weighted by Gasteiger charge is 2.35. The first-order valence-corrected chi connectivity index (χ1v) is 9.22. The van der Waals surface area contributed by atoms with Crippen molar-refractivity contribution in [2.45, 2.75) is 37.4 Å². The van der Waals surface area contributed by atoms with Crippen LogP contribution in [0.5, 0.6) is 0 Å². The molecule has 0 spiro atoms. The van der Waals surface area contributed by atoms with E-state index in [1.54, 1.807) is 0 Å². The Hall–Kier alpha value is -0.790. The lowest BCUT2D eigenvalue weighted by atomic mass is 9.93. The third-order valence-electron chi connectivity index (χ3n) is 5.57. The molecule has 2 fully saturated rings. The third kappa shape index (κ3) is 4.93. The molecule has 0 aromatic heterocycles. The van der Waals surface area contributed by atoms with Crippen LogP contribution in [0.2, 0.25) is 0 Å². The van der Waals surface area contributed by atoms with Crippen LogP contribution in [0, 0.1) is 17.6 Å². The van der Waals surface area contributed by atoms with Gasteiger partial charge in [-0.05, 0) is 45.0 Å². The van der Waals surface area contributed by atoms with Gasteiger partial charge in [-0.1, -0.05) is 12.5 Å². The lowest BCUT2D eigenvalue weighted by Crippen LogP contribution is -2.51. The van der Waals surface area contributed by atoms with E-state index in [9.17, 15) is 8.78 Å². The third-order valence-corrected chi connectivity index (χ3v) is 5.57.